The molecule has 1 aliphatic heterocycles. The van der Waals surface area contributed by atoms with E-state index in [-0.39, 0.29) is 0 Å². The minimum atomic E-state index is -0.781. The van der Waals surface area contributed by atoms with Crippen molar-refractivity contribution < 1.29 is 9.90 Å². The van der Waals surface area contributed by atoms with Crippen LogP contribution in [0.15, 0.2) is 24.3 Å². The number of aromatic nitrogens is 2. The third kappa shape index (κ3) is 2.81. The van der Waals surface area contributed by atoms with Crippen molar-refractivity contribution in [3.05, 3.63) is 24.3 Å². The number of rotatable bonds is 4. The number of nitrogens with one attached hydrogen (secondary N) is 1. The van der Waals surface area contributed by atoms with E-state index in [1.807, 2.05) is 29.2 Å². The molecule has 1 aliphatic carbocycles. The zero-order valence-corrected chi connectivity index (χ0v) is 12.9. The van der Waals surface area contributed by atoms with E-state index < -0.39 is 12.0 Å². The maximum atomic E-state index is 11.6. The van der Waals surface area contributed by atoms with Gasteiger partial charge in [-0.15, -0.1) is 0 Å². The fourth-order valence-electron chi connectivity index (χ4n) is 3.15. The maximum Gasteiger partial charge on any atom is 0.326 e. The van der Waals surface area contributed by atoms with Gasteiger partial charge in [-0.05, 0) is 44.2 Å². The van der Waals surface area contributed by atoms with Gasteiger partial charge in [-0.3, -0.25) is 0 Å². The fourth-order valence-corrected chi connectivity index (χ4v) is 3.15. The number of piperidine rings is 1. The Labute approximate surface area is 134 Å². The molecule has 6 nitrogen and oxygen atoms in total. The molecule has 2 N–H and O–H groups in total. The number of hydrogen-bond donors (Lipinski definition) is 2. The minimum absolute atomic E-state index is 0.442. The normalized spacial score (nSPS) is 21.4. The first-order valence-corrected chi connectivity index (χ1v) is 8.25. The summed E-state index contributed by atoms with van der Waals surface area (Å²) in [6.45, 7) is 0.712. The van der Waals surface area contributed by atoms with E-state index >= 15 is 0 Å². The number of nitrogens with zero attached hydrogens (tertiary/aromatic N) is 3. The number of carbonyl (C=O) groups is 1. The lowest BCUT2D eigenvalue weighted by Crippen LogP contribution is -2.45. The predicted octanol–water partition coefficient (Wildman–Crippen LogP) is 2.65. The van der Waals surface area contributed by atoms with Gasteiger partial charge < -0.3 is 15.3 Å². The third-order valence-electron chi connectivity index (χ3n) is 4.53. The Hall–Kier alpha value is -2.37. The molecule has 0 amide bonds. The highest BCUT2D eigenvalue weighted by Gasteiger charge is 2.33. The Balaban J connectivity index is 1.80. The number of fused-ring (bicyclic) bond motifs is 1. The van der Waals surface area contributed by atoms with E-state index in [0.717, 1.165) is 42.5 Å². The average Bonchev–Trinajstić information content (AvgIpc) is 3.38. The first kappa shape index (κ1) is 14.2. The molecular weight excluding hydrogens is 292 g/mol. The first-order chi connectivity index (χ1) is 11.2. The van der Waals surface area contributed by atoms with Crippen molar-refractivity contribution in [2.24, 2.45) is 0 Å². The summed E-state index contributed by atoms with van der Waals surface area (Å²) < 4.78 is 0. The molecule has 0 spiro atoms. The summed E-state index contributed by atoms with van der Waals surface area (Å²) in [7, 11) is 0. The molecule has 23 heavy (non-hydrogen) atoms. The number of anilines is 2. The van der Waals surface area contributed by atoms with Crippen LogP contribution in [0.2, 0.25) is 0 Å². The molecule has 6 heteroatoms. The van der Waals surface area contributed by atoms with Gasteiger partial charge in [0, 0.05) is 12.6 Å². The summed E-state index contributed by atoms with van der Waals surface area (Å²) in [6.07, 6.45) is 4.86. The molecule has 1 atom stereocenters. The van der Waals surface area contributed by atoms with Gasteiger partial charge in [0.05, 0.1) is 11.0 Å². The molecule has 1 saturated carbocycles. The third-order valence-corrected chi connectivity index (χ3v) is 4.53. The van der Waals surface area contributed by atoms with Gasteiger partial charge in [-0.1, -0.05) is 12.1 Å². The molecule has 2 heterocycles. The summed E-state index contributed by atoms with van der Waals surface area (Å²) in [5.41, 5.74) is 1.64. The van der Waals surface area contributed by atoms with E-state index in [4.69, 9.17) is 9.97 Å². The molecule has 1 aromatic carbocycles. The number of para-hydroxylation sites is 2. The Morgan fingerprint density at radius 2 is 1.87 bits per heavy atom. The van der Waals surface area contributed by atoms with Gasteiger partial charge in [-0.25, -0.2) is 14.8 Å². The molecule has 0 bridgehead atoms. The van der Waals surface area contributed by atoms with Crippen LogP contribution in [0.1, 0.15) is 32.1 Å². The number of carboxylic acids is 1. The molecule has 2 aliphatic rings. The van der Waals surface area contributed by atoms with Crippen molar-refractivity contribution in [3.8, 4) is 0 Å². The standard InChI is InChI=1S/C17H20N4O2/c22-17(23)14-7-3-4-10-21(14)16-15(18-11-8-9-11)19-12-5-1-2-6-13(12)20-16/h1-2,5-6,11,14H,3-4,7-10H2,(H,18,19)(H,22,23). The van der Waals surface area contributed by atoms with Crippen molar-refractivity contribution in [2.45, 2.75) is 44.2 Å². The zero-order valence-electron chi connectivity index (χ0n) is 12.9. The van der Waals surface area contributed by atoms with Gasteiger partial charge >= 0.3 is 5.97 Å². The van der Waals surface area contributed by atoms with E-state index in [1.54, 1.807) is 0 Å². The summed E-state index contributed by atoms with van der Waals surface area (Å²) in [5, 5.41) is 13.0. The smallest absolute Gasteiger partial charge is 0.326 e. The quantitative estimate of drug-likeness (QED) is 0.903. The number of benzene rings is 1. The number of carboxylic acid groups (broad SMARTS) is 1. The Morgan fingerprint density at radius 1 is 1.13 bits per heavy atom. The Bertz CT molecular complexity index is 744. The van der Waals surface area contributed by atoms with Crippen LogP contribution in [-0.2, 0) is 4.79 Å². The lowest BCUT2D eigenvalue weighted by Gasteiger charge is -2.34. The fraction of sp³-hybridized carbons (Fsp3) is 0.471. The van der Waals surface area contributed by atoms with Crippen LogP contribution in [0, 0.1) is 0 Å². The number of aliphatic carboxylic acids is 1. The molecular formula is C17H20N4O2. The second-order valence-corrected chi connectivity index (χ2v) is 6.35. The van der Waals surface area contributed by atoms with Crippen molar-refractivity contribution in [1.29, 1.82) is 0 Å². The van der Waals surface area contributed by atoms with E-state index in [9.17, 15) is 9.90 Å². The molecule has 1 aromatic heterocycles. The molecule has 2 fully saturated rings. The van der Waals surface area contributed by atoms with Crippen LogP contribution in [0.4, 0.5) is 11.6 Å². The Kier molecular flexibility index (Phi) is 3.52. The van der Waals surface area contributed by atoms with Gasteiger partial charge in [0.15, 0.2) is 11.6 Å². The van der Waals surface area contributed by atoms with Crippen molar-refractivity contribution in [2.75, 3.05) is 16.8 Å². The Morgan fingerprint density at radius 3 is 2.57 bits per heavy atom. The highest BCUT2D eigenvalue weighted by Crippen LogP contribution is 2.33. The highest BCUT2D eigenvalue weighted by atomic mass is 16.4. The molecule has 1 saturated heterocycles. The second kappa shape index (κ2) is 5.68. The summed E-state index contributed by atoms with van der Waals surface area (Å²) in [5.74, 6) is 0.624. The predicted molar refractivity (Wildman–Crippen MR) is 88.8 cm³/mol. The lowest BCUT2D eigenvalue weighted by atomic mass is 10.0. The highest BCUT2D eigenvalue weighted by molar-refractivity contribution is 5.84. The van der Waals surface area contributed by atoms with Crippen LogP contribution in [0.25, 0.3) is 11.0 Å². The summed E-state index contributed by atoms with van der Waals surface area (Å²) in [4.78, 5) is 23.0. The average molecular weight is 312 g/mol. The topological polar surface area (TPSA) is 78.3 Å². The molecule has 4 rings (SSSR count). The van der Waals surface area contributed by atoms with E-state index in [2.05, 4.69) is 5.32 Å². The lowest BCUT2D eigenvalue weighted by molar-refractivity contribution is -0.139. The van der Waals surface area contributed by atoms with Crippen LogP contribution in [0.5, 0.6) is 0 Å². The molecule has 2 aromatic rings. The van der Waals surface area contributed by atoms with Gasteiger partial charge in [0.1, 0.15) is 6.04 Å². The van der Waals surface area contributed by atoms with Gasteiger partial charge in [0.25, 0.3) is 0 Å². The number of hydrogen-bond acceptors (Lipinski definition) is 5. The van der Waals surface area contributed by atoms with E-state index in [0.29, 0.717) is 24.8 Å². The summed E-state index contributed by atoms with van der Waals surface area (Å²) in [6, 6.07) is 7.66. The van der Waals surface area contributed by atoms with Crippen molar-refractivity contribution >= 4 is 28.6 Å². The van der Waals surface area contributed by atoms with Crippen LogP contribution in [-0.4, -0.2) is 39.7 Å². The van der Waals surface area contributed by atoms with Crippen LogP contribution >= 0.6 is 0 Å². The molecule has 1 unspecified atom stereocenters. The SMILES string of the molecule is O=C(O)C1CCCCN1c1nc2ccccc2nc1NC1CC1. The molecule has 120 valence electrons. The van der Waals surface area contributed by atoms with Gasteiger partial charge in [-0.2, -0.15) is 0 Å². The van der Waals surface area contributed by atoms with Crippen LogP contribution in [0.3, 0.4) is 0 Å². The molecule has 0 radical (unpaired) electrons. The first-order valence-electron chi connectivity index (χ1n) is 8.25. The van der Waals surface area contributed by atoms with Crippen molar-refractivity contribution in [3.63, 3.8) is 0 Å². The monoisotopic (exact) mass is 312 g/mol. The van der Waals surface area contributed by atoms with Crippen LogP contribution < -0.4 is 10.2 Å². The second-order valence-electron chi connectivity index (χ2n) is 6.35. The summed E-state index contributed by atoms with van der Waals surface area (Å²) >= 11 is 0. The zero-order chi connectivity index (χ0) is 15.8. The van der Waals surface area contributed by atoms with Crippen molar-refractivity contribution in [1.82, 2.24) is 9.97 Å². The maximum absolute atomic E-state index is 11.6. The van der Waals surface area contributed by atoms with Gasteiger partial charge in [0.2, 0.25) is 0 Å². The largest absolute Gasteiger partial charge is 0.480 e. The minimum Gasteiger partial charge on any atom is -0.480 e. The van der Waals surface area contributed by atoms with E-state index in [1.165, 1.54) is 0 Å².